The second-order valence-corrected chi connectivity index (χ2v) is 6.32. The summed E-state index contributed by atoms with van der Waals surface area (Å²) in [7, 11) is 0. The molecule has 16 heavy (non-hydrogen) atoms. The first-order valence-corrected chi connectivity index (χ1v) is 6.37. The summed E-state index contributed by atoms with van der Waals surface area (Å²) >= 11 is 3.45. The largest absolute Gasteiger partial charge is 0.294 e. The van der Waals surface area contributed by atoms with E-state index in [4.69, 9.17) is 0 Å². The molecule has 0 aliphatic rings. The quantitative estimate of drug-likeness (QED) is 0.726. The van der Waals surface area contributed by atoms with E-state index in [9.17, 15) is 4.79 Å². The summed E-state index contributed by atoms with van der Waals surface area (Å²) in [5, 5.41) is 0. The van der Waals surface area contributed by atoms with Crippen LogP contribution in [0.15, 0.2) is 22.7 Å². The van der Waals surface area contributed by atoms with Gasteiger partial charge in [0.2, 0.25) is 0 Å². The third kappa shape index (κ3) is 2.94. The predicted molar refractivity (Wildman–Crippen MR) is 72.0 cm³/mol. The van der Waals surface area contributed by atoms with Crippen molar-refractivity contribution in [2.75, 3.05) is 0 Å². The molecule has 1 aromatic rings. The summed E-state index contributed by atoms with van der Waals surface area (Å²) in [6.07, 6.45) is 0. The number of halogens is 1. The van der Waals surface area contributed by atoms with Gasteiger partial charge in [-0.2, -0.15) is 0 Å². The third-order valence-electron chi connectivity index (χ3n) is 2.62. The molecule has 0 aliphatic heterocycles. The first-order valence-electron chi connectivity index (χ1n) is 5.57. The molecule has 0 aliphatic carbocycles. The van der Waals surface area contributed by atoms with Gasteiger partial charge < -0.3 is 0 Å². The number of ketones is 1. The second kappa shape index (κ2) is 4.70. The van der Waals surface area contributed by atoms with Crippen LogP contribution in [0.3, 0.4) is 0 Å². The van der Waals surface area contributed by atoms with E-state index in [-0.39, 0.29) is 17.1 Å². The zero-order chi connectivity index (χ0) is 12.5. The Hall–Kier alpha value is -0.630. The third-order valence-corrected chi connectivity index (χ3v) is 3.31. The van der Waals surface area contributed by atoms with Crippen LogP contribution >= 0.6 is 15.9 Å². The van der Waals surface area contributed by atoms with Crippen LogP contribution in [0, 0.1) is 5.92 Å². The molecular weight excluding hydrogens is 264 g/mol. The fraction of sp³-hybridized carbons (Fsp3) is 0.500. The highest BCUT2D eigenvalue weighted by Gasteiger charge is 2.19. The molecule has 0 fully saturated rings. The number of carbonyl (C=O) groups is 1. The van der Waals surface area contributed by atoms with Gasteiger partial charge in [-0.1, -0.05) is 56.6 Å². The monoisotopic (exact) mass is 282 g/mol. The smallest absolute Gasteiger partial charge is 0.166 e. The lowest BCUT2D eigenvalue weighted by atomic mass is 9.85. The number of benzene rings is 1. The van der Waals surface area contributed by atoms with Crippen molar-refractivity contribution in [1.82, 2.24) is 0 Å². The molecule has 0 aromatic heterocycles. The topological polar surface area (TPSA) is 17.1 Å². The standard InChI is InChI=1S/C14H19BrO/c1-9(2)13(16)11-8-10(14(3,4)5)6-7-12(11)15/h6-9H,1-5H3. The minimum absolute atomic E-state index is 0.0338. The zero-order valence-corrected chi connectivity index (χ0v) is 12.2. The Morgan fingerprint density at radius 3 is 2.25 bits per heavy atom. The summed E-state index contributed by atoms with van der Waals surface area (Å²) in [5.41, 5.74) is 2.06. The molecule has 88 valence electrons. The van der Waals surface area contributed by atoms with Gasteiger partial charge in [0.1, 0.15) is 0 Å². The SMILES string of the molecule is CC(C)C(=O)c1cc(C(C)(C)C)ccc1Br. The Morgan fingerprint density at radius 1 is 1.25 bits per heavy atom. The van der Waals surface area contributed by atoms with Crippen LogP contribution in [-0.2, 0) is 5.41 Å². The van der Waals surface area contributed by atoms with Gasteiger partial charge >= 0.3 is 0 Å². The number of carbonyl (C=O) groups excluding carboxylic acids is 1. The molecule has 2 heteroatoms. The Bertz CT molecular complexity index is 400. The normalized spacial score (nSPS) is 11.9. The van der Waals surface area contributed by atoms with Crippen LogP contribution in [0.5, 0.6) is 0 Å². The van der Waals surface area contributed by atoms with Gasteiger partial charge in [-0.25, -0.2) is 0 Å². The fourth-order valence-corrected chi connectivity index (χ4v) is 1.93. The summed E-state index contributed by atoms with van der Waals surface area (Å²) in [4.78, 5) is 12.0. The van der Waals surface area contributed by atoms with Crippen LogP contribution in [0.4, 0.5) is 0 Å². The maximum Gasteiger partial charge on any atom is 0.166 e. The second-order valence-electron chi connectivity index (χ2n) is 5.46. The molecule has 0 heterocycles. The van der Waals surface area contributed by atoms with Gasteiger partial charge in [-0.3, -0.25) is 4.79 Å². The molecular formula is C14H19BrO. The molecule has 0 N–H and O–H groups in total. The average Bonchev–Trinajstić information content (AvgIpc) is 2.15. The Labute approximate surface area is 106 Å². The van der Waals surface area contributed by atoms with E-state index in [0.717, 1.165) is 10.0 Å². The highest BCUT2D eigenvalue weighted by molar-refractivity contribution is 9.10. The molecule has 1 aromatic carbocycles. The van der Waals surface area contributed by atoms with Crippen molar-refractivity contribution in [3.05, 3.63) is 33.8 Å². The molecule has 0 radical (unpaired) electrons. The van der Waals surface area contributed by atoms with Gasteiger partial charge in [-0.15, -0.1) is 0 Å². The van der Waals surface area contributed by atoms with Crippen molar-refractivity contribution in [2.45, 2.75) is 40.0 Å². The lowest BCUT2D eigenvalue weighted by Gasteiger charge is -2.20. The van der Waals surface area contributed by atoms with Crippen LogP contribution in [0.2, 0.25) is 0 Å². The van der Waals surface area contributed by atoms with Crippen molar-refractivity contribution >= 4 is 21.7 Å². The molecule has 0 spiro atoms. The highest BCUT2D eigenvalue weighted by atomic mass is 79.9. The van der Waals surface area contributed by atoms with E-state index in [2.05, 4.69) is 42.8 Å². The van der Waals surface area contributed by atoms with Crippen LogP contribution in [0.1, 0.15) is 50.5 Å². The van der Waals surface area contributed by atoms with E-state index < -0.39 is 0 Å². The number of hydrogen-bond donors (Lipinski definition) is 0. The van der Waals surface area contributed by atoms with Crippen molar-refractivity contribution in [3.63, 3.8) is 0 Å². The van der Waals surface area contributed by atoms with Crippen LogP contribution in [0.25, 0.3) is 0 Å². The number of Topliss-reactive ketones (excluding diaryl/α,β-unsaturated/α-hetero) is 1. The molecule has 0 amide bonds. The average molecular weight is 283 g/mol. The summed E-state index contributed by atoms with van der Waals surface area (Å²) < 4.78 is 0.888. The minimum Gasteiger partial charge on any atom is -0.294 e. The predicted octanol–water partition coefficient (Wildman–Crippen LogP) is 4.59. The minimum atomic E-state index is 0.0338. The lowest BCUT2D eigenvalue weighted by Crippen LogP contribution is -2.14. The van der Waals surface area contributed by atoms with E-state index in [0.29, 0.717) is 0 Å². The molecule has 0 bridgehead atoms. The molecule has 1 rings (SSSR count). The van der Waals surface area contributed by atoms with E-state index in [1.807, 2.05) is 26.0 Å². The van der Waals surface area contributed by atoms with Crippen molar-refractivity contribution in [2.24, 2.45) is 5.92 Å². The zero-order valence-electron chi connectivity index (χ0n) is 10.6. The van der Waals surface area contributed by atoms with Gasteiger partial charge in [0.05, 0.1) is 0 Å². The number of hydrogen-bond acceptors (Lipinski definition) is 1. The van der Waals surface area contributed by atoms with Crippen molar-refractivity contribution < 1.29 is 4.79 Å². The highest BCUT2D eigenvalue weighted by Crippen LogP contribution is 2.28. The van der Waals surface area contributed by atoms with E-state index in [1.165, 1.54) is 5.56 Å². The number of rotatable bonds is 2. The van der Waals surface area contributed by atoms with E-state index in [1.54, 1.807) is 0 Å². The van der Waals surface area contributed by atoms with Crippen LogP contribution < -0.4 is 0 Å². The summed E-state index contributed by atoms with van der Waals surface area (Å²) in [6.45, 7) is 10.3. The van der Waals surface area contributed by atoms with Gasteiger partial charge in [0.15, 0.2) is 5.78 Å². The molecule has 0 unspecified atom stereocenters. The maximum absolute atomic E-state index is 12.0. The van der Waals surface area contributed by atoms with Gasteiger partial charge in [0, 0.05) is 16.0 Å². The van der Waals surface area contributed by atoms with Crippen LogP contribution in [-0.4, -0.2) is 5.78 Å². The molecule has 0 saturated carbocycles. The summed E-state index contributed by atoms with van der Waals surface area (Å²) in [5.74, 6) is 0.226. The first-order chi connectivity index (χ1) is 7.23. The fourth-order valence-electron chi connectivity index (χ4n) is 1.49. The summed E-state index contributed by atoms with van der Waals surface area (Å²) in [6, 6.07) is 6.05. The van der Waals surface area contributed by atoms with Gasteiger partial charge in [0.25, 0.3) is 0 Å². The van der Waals surface area contributed by atoms with Gasteiger partial charge in [-0.05, 0) is 23.1 Å². The Kier molecular flexibility index (Phi) is 3.95. The molecule has 1 nitrogen and oxygen atoms in total. The molecule has 0 saturated heterocycles. The Morgan fingerprint density at radius 2 is 1.81 bits per heavy atom. The molecule has 0 atom stereocenters. The Balaban J connectivity index is 3.25. The lowest BCUT2D eigenvalue weighted by molar-refractivity contribution is 0.0938. The first kappa shape index (κ1) is 13.4. The van der Waals surface area contributed by atoms with E-state index >= 15 is 0 Å². The van der Waals surface area contributed by atoms with Crippen molar-refractivity contribution in [1.29, 1.82) is 0 Å². The van der Waals surface area contributed by atoms with Crippen molar-refractivity contribution in [3.8, 4) is 0 Å². The maximum atomic E-state index is 12.0.